The number of aryl methyl sites for hydroxylation is 1. The molecule has 6 heteroatoms. The van der Waals surface area contributed by atoms with E-state index in [1.54, 1.807) is 12.3 Å². The SMILES string of the molecule is FC(F)(F)c1cccc(CC[C@H]2CCCN(Cc3ncc[nH]3)C2)c1. The van der Waals surface area contributed by atoms with Gasteiger partial charge in [0, 0.05) is 18.9 Å². The van der Waals surface area contributed by atoms with Gasteiger partial charge < -0.3 is 4.98 Å². The molecule has 0 bridgehead atoms. The van der Waals surface area contributed by atoms with Gasteiger partial charge in [0.05, 0.1) is 12.1 Å². The number of likely N-dealkylation sites (tertiary alicyclic amines) is 1. The number of aromatic amines is 1. The molecule has 2 aromatic rings. The highest BCUT2D eigenvalue weighted by Crippen LogP contribution is 2.30. The fraction of sp³-hybridized carbons (Fsp3) is 0.500. The Morgan fingerprint density at radius 2 is 2.17 bits per heavy atom. The van der Waals surface area contributed by atoms with Crippen LogP contribution in [0.15, 0.2) is 36.7 Å². The molecule has 2 heterocycles. The minimum Gasteiger partial charge on any atom is -0.348 e. The molecule has 1 aliphatic rings. The number of H-pyrrole nitrogens is 1. The van der Waals surface area contributed by atoms with Crippen LogP contribution in [0.2, 0.25) is 0 Å². The van der Waals surface area contributed by atoms with Crippen LogP contribution in [0.4, 0.5) is 13.2 Å². The van der Waals surface area contributed by atoms with Crippen molar-refractivity contribution in [3.8, 4) is 0 Å². The average molecular weight is 337 g/mol. The Balaban J connectivity index is 1.53. The lowest BCUT2D eigenvalue weighted by Crippen LogP contribution is -2.35. The largest absolute Gasteiger partial charge is 0.416 e. The second kappa shape index (κ2) is 7.38. The van der Waals surface area contributed by atoms with E-state index in [0.717, 1.165) is 56.4 Å². The van der Waals surface area contributed by atoms with Crippen molar-refractivity contribution >= 4 is 0 Å². The first-order chi connectivity index (χ1) is 11.5. The fourth-order valence-corrected chi connectivity index (χ4v) is 3.40. The normalized spacial score (nSPS) is 19.5. The number of piperidine rings is 1. The summed E-state index contributed by atoms with van der Waals surface area (Å²) < 4.78 is 38.3. The standard InChI is InChI=1S/C18H22F3N3/c19-18(20,21)16-5-1-3-14(11-16)6-7-15-4-2-10-24(12-15)13-17-22-8-9-23-17/h1,3,5,8-9,11,15H,2,4,6-7,10,12-13H2,(H,22,23)/t15-/m1/s1. The molecule has 3 rings (SSSR count). The highest BCUT2D eigenvalue weighted by Gasteiger charge is 2.30. The Labute approximate surface area is 139 Å². The molecule has 1 aliphatic heterocycles. The lowest BCUT2D eigenvalue weighted by atomic mass is 9.91. The summed E-state index contributed by atoms with van der Waals surface area (Å²) in [5.74, 6) is 1.50. The van der Waals surface area contributed by atoms with E-state index in [9.17, 15) is 13.2 Å². The number of imidazole rings is 1. The molecule has 0 saturated carbocycles. The highest BCUT2D eigenvalue weighted by atomic mass is 19.4. The third-order valence-electron chi connectivity index (χ3n) is 4.63. The Bertz CT molecular complexity index is 637. The molecule has 1 fully saturated rings. The summed E-state index contributed by atoms with van der Waals surface area (Å²) in [5.41, 5.74) is 0.219. The van der Waals surface area contributed by atoms with Crippen molar-refractivity contribution in [3.05, 3.63) is 53.6 Å². The molecule has 0 aliphatic carbocycles. The average Bonchev–Trinajstić information content (AvgIpc) is 3.06. The van der Waals surface area contributed by atoms with Gasteiger partial charge in [-0.05, 0) is 49.8 Å². The van der Waals surface area contributed by atoms with Crippen molar-refractivity contribution in [1.82, 2.24) is 14.9 Å². The first kappa shape index (κ1) is 17.0. The van der Waals surface area contributed by atoms with E-state index in [0.29, 0.717) is 12.3 Å². The van der Waals surface area contributed by atoms with Crippen molar-refractivity contribution in [2.75, 3.05) is 13.1 Å². The third kappa shape index (κ3) is 4.60. The van der Waals surface area contributed by atoms with Crippen molar-refractivity contribution in [1.29, 1.82) is 0 Å². The third-order valence-corrected chi connectivity index (χ3v) is 4.63. The molecular formula is C18H22F3N3. The van der Waals surface area contributed by atoms with E-state index >= 15 is 0 Å². The van der Waals surface area contributed by atoms with Crippen molar-refractivity contribution < 1.29 is 13.2 Å². The van der Waals surface area contributed by atoms with Gasteiger partial charge in [0.25, 0.3) is 0 Å². The molecule has 0 unspecified atom stereocenters. The van der Waals surface area contributed by atoms with E-state index in [1.165, 1.54) is 12.1 Å². The van der Waals surface area contributed by atoms with Crippen LogP contribution < -0.4 is 0 Å². The van der Waals surface area contributed by atoms with Gasteiger partial charge in [-0.1, -0.05) is 18.2 Å². The number of halogens is 3. The first-order valence-electron chi connectivity index (χ1n) is 8.37. The monoisotopic (exact) mass is 337 g/mol. The van der Waals surface area contributed by atoms with Crippen LogP contribution in [-0.2, 0) is 19.1 Å². The molecule has 0 amide bonds. The van der Waals surface area contributed by atoms with Gasteiger partial charge in [0.15, 0.2) is 0 Å². The fourth-order valence-electron chi connectivity index (χ4n) is 3.40. The van der Waals surface area contributed by atoms with Crippen molar-refractivity contribution in [2.24, 2.45) is 5.92 Å². The molecule has 0 spiro atoms. The number of nitrogens with one attached hydrogen (secondary N) is 1. The summed E-state index contributed by atoms with van der Waals surface area (Å²) in [6.07, 6.45) is 3.22. The van der Waals surface area contributed by atoms with Crippen molar-refractivity contribution in [3.63, 3.8) is 0 Å². The molecule has 1 aromatic carbocycles. The van der Waals surface area contributed by atoms with Crippen molar-refractivity contribution in [2.45, 2.75) is 38.4 Å². The van der Waals surface area contributed by atoms with Crippen LogP contribution in [-0.4, -0.2) is 28.0 Å². The smallest absolute Gasteiger partial charge is 0.348 e. The van der Waals surface area contributed by atoms with E-state index in [2.05, 4.69) is 14.9 Å². The number of hydrogen-bond donors (Lipinski definition) is 1. The Kier molecular flexibility index (Phi) is 5.23. The van der Waals surface area contributed by atoms with E-state index < -0.39 is 11.7 Å². The maximum absolute atomic E-state index is 12.8. The number of alkyl halides is 3. The molecule has 24 heavy (non-hydrogen) atoms. The predicted molar refractivity (Wildman–Crippen MR) is 86.4 cm³/mol. The summed E-state index contributed by atoms with van der Waals surface area (Å²) in [6.45, 7) is 2.85. The molecule has 1 aromatic heterocycles. The Morgan fingerprint density at radius 3 is 2.92 bits per heavy atom. The number of nitrogens with zero attached hydrogens (tertiary/aromatic N) is 2. The van der Waals surface area contributed by atoms with Gasteiger partial charge in [-0.3, -0.25) is 4.90 Å². The molecule has 0 radical (unpaired) electrons. The minimum atomic E-state index is -4.26. The summed E-state index contributed by atoms with van der Waals surface area (Å²) in [7, 11) is 0. The molecule has 1 atom stereocenters. The molecular weight excluding hydrogens is 315 g/mol. The van der Waals surface area contributed by atoms with E-state index in [4.69, 9.17) is 0 Å². The van der Waals surface area contributed by atoms with Crippen LogP contribution in [0.5, 0.6) is 0 Å². The number of rotatable bonds is 5. The van der Waals surface area contributed by atoms with Crippen LogP contribution in [0.3, 0.4) is 0 Å². The summed E-state index contributed by atoms with van der Waals surface area (Å²) >= 11 is 0. The topological polar surface area (TPSA) is 31.9 Å². The number of hydrogen-bond acceptors (Lipinski definition) is 2. The second-order valence-electron chi connectivity index (χ2n) is 6.52. The lowest BCUT2D eigenvalue weighted by molar-refractivity contribution is -0.137. The zero-order valence-corrected chi connectivity index (χ0v) is 13.5. The van der Waals surface area contributed by atoms with Gasteiger partial charge in [-0.2, -0.15) is 13.2 Å². The van der Waals surface area contributed by atoms with Gasteiger partial charge in [0.1, 0.15) is 5.82 Å². The van der Waals surface area contributed by atoms with Gasteiger partial charge >= 0.3 is 6.18 Å². The first-order valence-corrected chi connectivity index (χ1v) is 8.37. The predicted octanol–water partition coefficient (Wildman–Crippen LogP) is 4.27. The minimum absolute atomic E-state index is 0.531. The van der Waals surface area contributed by atoms with Crippen LogP contribution in [0.25, 0.3) is 0 Å². The zero-order valence-electron chi connectivity index (χ0n) is 13.5. The summed E-state index contributed by atoms with van der Waals surface area (Å²) in [6, 6.07) is 5.71. The molecule has 1 N–H and O–H groups in total. The second-order valence-corrected chi connectivity index (χ2v) is 6.52. The number of aromatic nitrogens is 2. The quantitative estimate of drug-likeness (QED) is 0.883. The maximum atomic E-state index is 12.8. The Morgan fingerprint density at radius 1 is 1.29 bits per heavy atom. The van der Waals surface area contributed by atoms with E-state index in [-0.39, 0.29) is 0 Å². The molecule has 1 saturated heterocycles. The van der Waals surface area contributed by atoms with E-state index in [1.807, 2.05) is 6.20 Å². The van der Waals surface area contributed by atoms with Crippen LogP contribution in [0.1, 0.15) is 36.2 Å². The highest BCUT2D eigenvalue weighted by molar-refractivity contribution is 5.25. The molecule has 130 valence electrons. The zero-order chi connectivity index (χ0) is 17.0. The molecule has 3 nitrogen and oxygen atoms in total. The van der Waals surface area contributed by atoms with Crippen LogP contribution >= 0.6 is 0 Å². The summed E-state index contributed by atoms with van der Waals surface area (Å²) in [4.78, 5) is 9.75. The van der Waals surface area contributed by atoms with Crippen LogP contribution in [0, 0.1) is 5.92 Å². The Hall–Kier alpha value is -1.82. The van der Waals surface area contributed by atoms with Gasteiger partial charge in [-0.25, -0.2) is 4.98 Å². The van der Waals surface area contributed by atoms with Gasteiger partial charge in [0.2, 0.25) is 0 Å². The maximum Gasteiger partial charge on any atom is 0.416 e. The summed E-state index contributed by atoms with van der Waals surface area (Å²) in [5, 5.41) is 0. The number of benzene rings is 1. The van der Waals surface area contributed by atoms with Gasteiger partial charge in [-0.15, -0.1) is 0 Å². The lowest BCUT2D eigenvalue weighted by Gasteiger charge is -2.32.